The molecule has 1 aliphatic carbocycles. The van der Waals surface area contributed by atoms with Gasteiger partial charge in [-0.25, -0.2) is 4.79 Å². The lowest BCUT2D eigenvalue weighted by Crippen LogP contribution is -2.20. The van der Waals surface area contributed by atoms with Crippen molar-refractivity contribution in [2.45, 2.75) is 32.2 Å². The molecule has 0 spiro atoms. The Kier molecular flexibility index (Phi) is 4.20. The number of ether oxygens (including phenoxy) is 1. The van der Waals surface area contributed by atoms with Gasteiger partial charge in [0.15, 0.2) is 0 Å². The van der Waals surface area contributed by atoms with Crippen molar-refractivity contribution in [2.24, 2.45) is 5.92 Å². The standard InChI is InChI=1S/C13H19NO3/c1-16-13(15)12-6-5-11(17-12)9-14-8-7-10-3-2-4-10/h5-6,10,14H,2-4,7-9H2,1H3. The molecule has 1 aromatic rings. The third-order valence-electron chi connectivity index (χ3n) is 3.30. The van der Waals surface area contributed by atoms with Crippen LogP contribution in [0.3, 0.4) is 0 Å². The molecule has 4 heteroatoms. The van der Waals surface area contributed by atoms with Gasteiger partial charge in [-0.3, -0.25) is 0 Å². The molecule has 4 nitrogen and oxygen atoms in total. The van der Waals surface area contributed by atoms with Crippen LogP contribution in [0.4, 0.5) is 0 Å². The Labute approximate surface area is 101 Å². The molecule has 1 heterocycles. The predicted octanol–water partition coefficient (Wildman–Crippen LogP) is 2.35. The van der Waals surface area contributed by atoms with Gasteiger partial charge in [0.25, 0.3) is 0 Å². The molecule has 94 valence electrons. The Morgan fingerprint density at radius 3 is 3.00 bits per heavy atom. The van der Waals surface area contributed by atoms with Crippen LogP contribution in [-0.2, 0) is 11.3 Å². The summed E-state index contributed by atoms with van der Waals surface area (Å²) in [6.45, 7) is 1.68. The third-order valence-corrected chi connectivity index (χ3v) is 3.30. The van der Waals surface area contributed by atoms with Crippen molar-refractivity contribution < 1.29 is 13.9 Å². The lowest BCUT2D eigenvalue weighted by atomic mass is 9.83. The van der Waals surface area contributed by atoms with Crippen molar-refractivity contribution >= 4 is 5.97 Å². The highest BCUT2D eigenvalue weighted by molar-refractivity contribution is 5.86. The molecule has 0 bridgehead atoms. The largest absolute Gasteiger partial charge is 0.463 e. The van der Waals surface area contributed by atoms with Gasteiger partial charge in [0, 0.05) is 0 Å². The summed E-state index contributed by atoms with van der Waals surface area (Å²) in [5.74, 6) is 1.54. The van der Waals surface area contributed by atoms with Gasteiger partial charge >= 0.3 is 5.97 Å². The zero-order valence-corrected chi connectivity index (χ0v) is 10.2. The predicted molar refractivity (Wildman–Crippen MR) is 63.7 cm³/mol. The van der Waals surface area contributed by atoms with Crippen LogP contribution in [0, 0.1) is 5.92 Å². The van der Waals surface area contributed by atoms with E-state index < -0.39 is 5.97 Å². The highest BCUT2D eigenvalue weighted by atomic mass is 16.5. The second-order valence-electron chi connectivity index (χ2n) is 4.52. The van der Waals surface area contributed by atoms with E-state index in [1.807, 2.05) is 6.07 Å². The maximum Gasteiger partial charge on any atom is 0.373 e. The molecule has 0 aliphatic heterocycles. The molecule has 0 atom stereocenters. The highest BCUT2D eigenvalue weighted by Crippen LogP contribution is 2.28. The van der Waals surface area contributed by atoms with Crippen LogP contribution in [0.1, 0.15) is 42.0 Å². The minimum Gasteiger partial charge on any atom is -0.463 e. The zero-order chi connectivity index (χ0) is 12.1. The van der Waals surface area contributed by atoms with Crippen molar-refractivity contribution in [2.75, 3.05) is 13.7 Å². The van der Waals surface area contributed by atoms with Gasteiger partial charge in [0.1, 0.15) is 5.76 Å². The number of carbonyl (C=O) groups excluding carboxylic acids is 1. The summed E-state index contributed by atoms with van der Waals surface area (Å²) in [5, 5.41) is 3.33. The van der Waals surface area contributed by atoms with Crippen LogP contribution in [0.25, 0.3) is 0 Å². The van der Waals surface area contributed by atoms with Gasteiger partial charge in [-0.15, -0.1) is 0 Å². The molecule has 0 amide bonds. The Hall–Kier alpha value is -1.29. The van der Waals surface area contributed by atoms with Gasteiger partial charge in [0.05, 0.1) is 13.7 Å². The Morgan fingerprint density at radius 2 is 2.35 bits per heavy atom. The van der Waals surface area contributed by atoms with E-state index in [1.54, 1.807) is 6.07 Å². The fourth-order valence-electron chi connectivity index (χ4n) is 1.98. The lowest BCUT2D eigenvalue weighted by Gasteiger charge is -2.25. The molecule has 0 aromatic carbocycles. The van der Waals surface area contributed by atoms with Crippen molar-refractivity contribution in [1.82, 2.24) is 5.32 Å². The molecule has 1 aromatic heterocycles. The number of esters is 1. The van der Waals surface area contributed by atoms with E-state index >= 15 is 0 Å². The summed E-state index contributed by atoms with van der Waals surface area (Å²) >= 11 is 0. The van der Waals surface area contributed by atoms with Gasteiger partial charge in [-0.2, -0.15) is 0 Å². The maximum absolute atomic E-state index is 11.2. The topological polar surface area (TPSA) is 51.5 Å². The van der Waals surface area contributed by atoms with Gasteiger partial charge in [0.2, 0.25) is 5.76 Å². The molecule has 1 aliphatic rings. The van der Waals surface area contributed by atoms with Crippen LogP contribution in [0.15, 0.2) is 16.5 Å². The first-order chi connectivity index (χ1) is 8.29. The second-order valence-corrected chi connectivity index (χ2v) is 4.52. The van der Waals surface area contributed by atoms with E-state index in [-0.39, 0.29) is 5.76 Å². The summed E-state index contributed by atoms with van der Waals surface area (Å²) in [5.41, 5.74) is 0. The monoisotopic (exact) mass is 237 g/mol. The molecular formula is C13H19NO3. The lowest BCUT2D eigenvalue weighted by molar-refractivity contribution is 0.0563. The number of methoxy groups -OCH3 is 1. The van der Waals surface area contributed by atoms with Gasteiger partial charge < -0.3 is 14.5 Å². The summed E-state index contributed by atoms with van der Waals surface area (Å²) in [7, 11) is 1.35. The number of carbonyl (C=O) groups is 1. The fourth-order valence-corrected chi connectivity index (χ4v) is 1.98. The number of nitrogens with one attached hydrogen (secondary N) is 1. The average Bonchev–Trinajstić information content (AvgIpc) is 2.74. The molecule has 0 saturated heterocycles. The maximum atomic E-state index is 11.2. The Balaban J connectivity index is 1.67. The van der Waals surface area contributed by atoms with Crippen molar-refractivity contribution in [3.63, 3.8) is 0 Å². The number of furan rings is 1. The van der Waals surface area contributed by atoms with Crippen molar-refractivity contribution in [3.8, 4) is 0 Å². The first kappa shape index (κ1) is 12.2. The summed E-state index contributed by atoms with van der Waals surface area (Å²) in [6.07, 6.45) is 5.40. The van der Waals surface area contributed by atoms with E-state index in [2.05, 4.69) is 10.1 Å². The van der Waals surface area contributed by atoms with Crippen LogP contribution in [-0.4, -0.2) is 19.6 Å². The molecule has 1 fully saturated rings. The first-order valence-corrected chi connectivity index (χ1v) is 6.17. The third kappa shape index (κ3) is 3.33. The average molecular weight is 237 g/mol. The van der Waals surface area contributed by atoms with Gasteiger partial charge in [-0.1, -0.05) is 19.3 Å². The minimum absolute atomic E-state index is 0.267. The molecule has 2 rings (SSSR count). The molecule has 1 N–H and O–H groups in total. The normalized spacial score (nSPS) is 15.6. The van der Waals surface area contributed by atoms with Crippen LogP contribution in [0.5, 0.6) is 0 Å². The SMILES string of the molecule is COC(=O)c1ccc(CNCCC2CCC2)o1. The summed E-state index contributed by atoms with van der Waals surface area (Å²) in [4.78, 5) is 11.2. The molecular weight excluding hydrogens is 218 g/mol. The van der Waals surface area contributed by atoms with Crippen molar-refractivity contribution in [3.05, 3.63) is 23.7 Å². The van der Waals surface area contributed by atoms with E-state index in [4.69, 9.17) is 4.42 Å². The molecule has 0 unspecified atom stereocenters. The Bertz CT molecular complexity index is 368. The first-order valence-electron chi connectivity index (χ1n) is 6.17. The molecule has 0 radical (unpaired) electrons. The molecule has 1 saturated carbocycles. The van der Waals surface area contributed by atoms with Crippen molar-refractivity contribution in [1.29, 1.82) is 0 Å². The zero-order valence-electron chi connectivity index (χ0n) is 10.2. The number of hydrogen-bond donors (Lipinski definition) is 1. The van der Waals surface area contributed by atoms with E-state index in [1.165, 1.54) is 32.8 Å². The highest BCUT2D eigenvalue weighted by Gasteiger charge is 2.16. The van der Waals surface area contributed by atoms with E-state index in [9.17, 15) is 4.79 Å². The number of rotatable bonds is 6. The van der Waals surface area contributed by atoms with E-state index in [0.29, 0.717) is 6.54 Å². The summed E-state index contributed by atoms with van der Waals surface area (Å²) in [6, 6.07) is 3.46. The molecule has 17 heavy (non-hydrogen) atoms. The fraction of sp³-hybridized carbons (Fsp3) is 0.615. The van der Waals surface area contributed by atoms with Crippen LogP contribution >= 0.6 is 0 Å². The van der Waals surface area contributed by atoms with Crippen LogP contribution in [0.2, 0.25) is 0 Å². The minimum atomic E-state index is -0.425. The quantitative estimate of drug-likeness (QED) is 0.609. The van der Waals surface area contributed by atoms with Crippen LogP contribution < -0.4 is 5.32 Å². The Morgan fingerprint density at radius 1 is 1.53 bits per heavy atom. The number of hydrogen-bond acceptors (Lipinski definition) is 4. The smallest absolute Gasteiger partial charge is 0.373 e. The second kappa shape index (κ2) is 5.87. The summed E-state index contributed by atoms with van der Waals surface area (Å²) < 4.78 is 9.92. The van der Waals surface area contributed by atoms with Gasteiger partial charge in [-0.05, 0) is 31.0 Å². The van der Waals surface area contributed by atoms with E-state index in [0.717, 1.165) is 18.2 Å².